The smallest absolute Gasteiger partial charge is 0.290 e. The fraction of sp³-hybridized carbons (Fsp3) is 0.0556. The molecule has 25 heavy (non-hydrogen) atoms. The largest absolute Gasteiger partial charge is 0.487 e. The lowest BCUT2D eigenvalue weighted by Gasteiger charge is -2.09. The van der Waals surface area contributed by atoms with E-state index in [4.69, 9.17) is 21.7 Å². The quantitative estimate of drug-likeness (QED) is 0.611. The SMILES string of the molecule is N=C(COc1ccc(/C=C2\SC(=O)NC2=O)cc1)c1ccccc1Cl. The zero-order valence-electron chi connectivity index (χ0n) is 12.9. The standard InChI is InChI=1S/C18H13ClN2O3S/c19-14-4-2-1-3-13(14)15(20)10-24-12-7-5-11(6-8-12)9-16-17(22)21-18(23)25-16/h1-9,20H,10H2,(H,21,22,23)/b16-9-,20-15?. The molecule has 2 aromatic carbocycles. The van der Waals surface area contributed by atoms with Gasteiger partial charge in [0.25, 0.3) is 11.1 Å². The number of carbonyl (C=O) groups is 2. The van der Waals surface area contributed by atoms with Crippen LogP contribution in [-0.4, -0.2) is 23.5 Å². The van der Waals surface area contributed by atoms with E-state index >= 15 is 0 Å². The molecule has 3 rings (SSSR count). The number of carbonyl (C=O) groups excluding carboxylic acids is 2. The van der Waals surface area contributed by atoms with E-state index in [2.05, 4.69) is 5.32 Å². The second-order valence-electron chi connectivity index (χ2n) is 5.17. The van der Waals surface area contributed by atoms with Gasteiger partial charge in [-0.15, -0.1) is 0 Å². The molecule has 0 atom stereocenters. The Morgan fingerprint density at radius 1 is 1.16 bits per heavy atom. The van der Waals surface area contributed by atoms with Gasteiger partial charge < -0.3 is 10.1 Å². The second kappa shape index (κ2) is 7.55. The van der Waals surface area contributed by atoms with Crippen molar-refractivity contribution in [3.05, 3.63) is 69.6 Å². The molecule has 0 bridgehead atoms. The van der Waals surface area contributed by atoms with E-state index in [1.807, 2.05) is 12.1 Å². The summed E-state index contributed by atoms with van der Waals surface area (Å²) in [6.07, 6.45) is 1.64. The summed E-state index contributed by atoms with van der Waals surface area (Å²) >= 11 is 6.94. The van der Waals surface area contributed by atoms with Gasteiger partial charge >= 0.3 is 0 Å². The monoisotopic (exact) mass is 372 g/mol. The first-order valence-electron chi connectivity index (χ1n) is 7.33. The minimum absolute atomic E-state index is 0.0942. The highest BCUT2D eigenvalue weighted by Gasteiger charge is 2.24. The molecule has 1 aliphatic rings. The number of ether oxygens (including phenoxy) is 1. The van der Waals surface area contributed by atoms with E-state index in [0.29, 0.717) is 21.2 Å². The van der Waals surface area contributed by atoms with Crippen LogP contribution in [0.2, 0.25) is 5.02 Å². The van der Waals surface area contributed by atoms with Crippen molar-refractivity contribution >= 4 is 46.3 Å². The normalized spacial score (nSPS) is 15.3. The second-order valence-corrected chi connectivity index (χ2v) is 6.59. The molecule has 5 nitrogen and oxygen atoms in total. The zero-order valence-corrected chi connectivity index (χ0v) is 14.5. The summed E-state index contributed by atoms with van der Waals surface area (Å²) in [6, 6.07) is 14.2. The highest BCUT2D eigenvalue weighted by atomic mass is 35.5. The van der Waals surface area contributed by atoms with E-state index in [0.717, 1.165) is 17.3 Å². The third-order valence-electron chi connectivity index (χ3n) is 3.40. The van der Waals surface area contributed by atoms with E-state index < -0.39 is 0 Å². The van der Waals surface area contributed by atoms with Crippen LogP contribution in [0.3, 0.4) is 0 Å². The summed E-state index contributed by atoms with van der Waals surface area (Å²) in [5.74, 6) is 0.210. The molecular formula is C18H13ClN2O3S. The highest BCUT2D eigenvalue weighted by Crippen LogP contribution is 2.26. The summed E-state index contributed by atoms with van der Waals surface area (Å²) in [6.45, 7) is 0.0942. The van der Waals surface area contributed by atoms with Crippen LogP contribution in [0.25, 0.3) is 6.08 Å². The first-order valence-corrected chi connectivity index (χ1v) is 8.52. The molecule has 0 aliphatic carbocycles. The summed E-state index contributed by atoms with van der Waals surface area (Å²) in [5.41, 5.74) is 1.70. The van der Waals surface area contributed by atoms with Crippen molar-refractivity contribution in [2.45, 2.75) is 0 Å². The van der Waals surface area contributed by atoms with Crippen molar-refractivity contribution in [3.63, 3.8) is 0 Å². The summed E-state index contributed by atoms with van der Waals surface area (Å²) in [5, 5.41) is 10.4. The lowest BCUT2D eigenvalue weighted by molar-refractivity contribution is -0.115. The predicted molar refractivity (Wildman–Crippen MR) is 99.3 cm³/mol. The maximum Gasteiger partial charge on any atom is 0.290 e. The average molecular weight is 373 g/mol. The molecule has 1 saturated heterocycles. The van der Waals surface area contributed by atoms with Gasteiger partial charge in [0.1, 0.15) is 12.4 Å². The van der Waals surface area contributed by atoms with Crippen molar-refractivity contribution in [1.82, 2.24) is 5.32 Å². The Balaban J connectivity index is 1.62. The van der Waals surface area contributed by atoms with Gasteiger partial charge in [-0.25, -0.2) is 0 Å². The number of amides is 2. The summed E-state index contributed by atoms with van der Waals surface area (Å²) in [4.78, 5) is 23.0. The van der Waals surface area contributed by atoms with Crippen LogP contribution in [0.5, 0.6) is 5.75 Å². The van der Waals surface area contributed by atoms with Crippen LogP contribution in [0, 0.1) is 5.41 Å². The Labute approximate surface area is 153 Å². The molecule has 1 heterocycles. The number of hydrogen-bond donors (Lipinski definition) is 2. The number of imide groups is 1. The Kier molecular flexibility index (Phi) is 5.21. The van der Waals surface area contributed by atoms with Gasteiger partial charge in [-0.05, 0) is 41.6 Å². The number of benzene rings is 2. The highest BCUT2D eigenvalue weighted by molar-refractivity contribution is 8.18. The topological polar surface area (TPSA) is 79.2 Å². The van der Waals surface area contributed by atoms with Crippen LogP contribution >= 0.6 is 23.4 Å². The minimum atomic E-state index is -0.386. The molecule has 0 aromatic heterocycles. The summed E-state index contributed by atoms with van der Waals surface area (Å²) < 4.78 is 5.60. The first-order chi connectivity index (χ1) is 12.0. The number of halogens is 1. The van der Waals surface area contributed by atoms with Crippen LogP contribution in [0.15, 0.2) is 53.4 Å². The van der Waals surface area contributed by atoms with Gasteiger partial charge in [0.2, 0.25) is 0 Å². The molecule has 2 N–H and O–H groups in total. The van der Waals surface area contributed by atoms with Crippen molar-refractivity contribution in [2.24, 2.45) is 0 Å². The Hall–Kier alpha value is -2.57. The number of nitrogens with one attached hydrogen (secondary N) is 2. The van der Waals surface area contributed by atoms with Gasteiger partial charge in [-0.1, -0.05) is 41.9 Å². The molecule has 0 saturated carbocycles. The number of hydrogen-bond acceptors (Lipinski definition) is 5. The van der Waals surface area contributed by atoms with E-state index in [1.165, 1.54) is 0 Å². The molecule has 0 radical (unpaired) electrons. The van der Waals surface area contributed by atoms with Crippen molar-refractivity contribution in [2.75, 3.05) is 6.61 Å². The molecule has 2 amide bonds. The molecule has 0 spiro atoms. The Morgan fingerprint density at radius 2 is 1.88 bits per heavy atom. The lowest BCUT2D eigenvalue weighted by atomic mass is 10.1. The maximum absolute atomic E-state index is 11.5. The van der Waals surface area contributed by atoms with Crippen LogP contribution in [0.4, 0.5) is 4.79 Å². The lowest BCUT2D eigenvalue weighted by Crippen LogP contribution is -2.17. The van der Waals surface area contributed by atoms with Crippen LogP contribution in [-0.2, 0) is 4.79 Å². The Morgan fingerprint density at radius 3 is 2.52 bits per heavy atom. The fourth-order valence-corrected chi connectivity index (χ4v) is 3.10. The van der Waals surface area contributed by atoms with Crippen molar-refractivity contribution in [3.8, 4) is 5.75 Å². The minimum Gasteiger partial charge on any atom is -0.487 e. The number of thioether (sulfide) groups is 1. The van der Waals surface area contributed by atoms with Gasteiger partial charge in [0.15, 0.2) is 0 Å². The maximum atomic E-state index is 11.5. The fourth-order valence-electron chi connectivity index (χ4n) is 2.17. The molecule has 1 fully saturated rings. The Bertz CT molecular complexity index is 878. The third-order valence-corrected chi connectivity index (χ3v) is 4.54. The average Bonchev–Trinajstić information content (AvgIpc) is 2.91. The van der Waals surface area contributed by atoms with Gasteiger partial charge in [0, 0.05) is 10.6 Å². The van der Waals surface area contributed by atoms with Crippen LogP contribution < -0.4 is 10.1 Å². The van der Waals surface area contributed by atoms with E-state index in [9.17, 15) is 9.59 Å². The van der Waals surface area contributed by atoms with E-state index in [-0.39, 0.29) is 23.5 Å². The molecule has 2 aromatic rings. The molecule has 126 valence electrons. The summed E-state index contributed by atoms with van der Waals surface area (Å²) in [7, 11) is 0. The molecule has 0 unspecified atom stereocenters. The first kappa shape index (κ1) is 17.3. The predicted octanol–water partition coefficient (Wildman–Crippen LogP) is 4.11. The van der Waals surface area contributed by atoms with Gasteiger partial charge in [-0.2, -0.15) is 0 Å². The van der Waals surface area contributed by atoms with E-state index in [1.54, 1.807) is 42.5 Å². The zero-order chi connectivity index (χ0) is 17.8. The number of rotatable bonds is 5. The molecule has 7 heteroatoms. The third kappa shape index (κ3) is 4.29. The molecule has 1 aliphatic heterocycles. The van der Waals surface area contributed by atoms with Gasteiger partial charge in [0.05, 0.1) is 10.6 Å². The van der Waals surface area contributed by atoms with Crippen LogP contribution in [0.1, 0.15) is 11.1 Å². The van der Waals surface area contributed by atoms with Crippen molar-refractivity contribution < 1.29 is 14.3 Å². The van der Waals surface area contributed by atoms with Crippen molar-refractivity contribution in [1.29, 1.82) is 5.41 Å². The molecular weight excluding hydrogens is 360 g/mol. The van der Waals surface area contributed by atoms with Gasteiger partial charge in [-0.3, -0.25) is 14.9 Å².